The van der Waals surface area contributed by atoms with Crippen molar-refractivity contribution in [3.05, 3.63) is 39.9 Å². The average Bonchev–Trinajstić information content (AvgIpc) is 2.91. The number of fused-ring (bicyclic) bond motifs is 1. The number of hydrogen-bond donors (Lipinski definition) is 0. The molecule has 1 aliphatic carbocycles. The third-order valence-corrected chi connectivity index (χ3v) is 3.79. The van der Waals surface area contributed by atoms with Gasteiger partial charge in [-0.3, -0.25) is 10.1 Å². The van der Waals surface area contributed by atoms with Gasteiger partial charge < -0.3 is 4.74 Å². The molecule has 19 heavy (non-hydrogen) atoms. The topological polar surface area (TPSA) is 64.7 Å². The number of alkyl halides is 1. The van der Waals surface area contributed by atoms with Crippen molar-refractivity contribution in [2.45, 2.75) is 31.7 Å². The molecule has 1 aromatic carbocycles. The predicted octanol–water partition coefficient (Wildman–Crippen LogP) is 2.49. The molecule has 2 aliphatic rings. The van der Waals surface area contributed by atoms with Crippen LogP contribution in [0.5, 0.6) is 0 Å². The number of nitrogens with zero attached hydrogens (tertiary/aromatic N) is 2. The summed E-state index contributed by atoms with van der Waals surface area (Å²) in [6.07, 6.45) is -0.681. The van der Waals surface area contributed by atoms with Crippen molar-refractivity contribution in [3.8, 4) is 0 Å². The third kappa shape index (κ3) is 1.97. The zero-order valence-electron chi connectivity index (χ0n) is 10.3. The zero-order valence-corrected chi connectivity index (χ0v) is 10.3. The van der Waals surface area contributed by atoms with E-state index in [2.05, 4.69) is 4.99 Å². The highest BCUT2D eigenvalue weighted by atomic mass is 19.1. The Hall–Kier alpha value is -1.98. The molecule has 1 fully saturated rings. The quantitative estimate of drug-likeness (QED) is 0.609. The second-order valence-electron chi connectivity index (χ2n) is 5.00. The fourth-order valence-corrected chi connectivity index (χ4v) is 2.63. The minimum absolute atomic E-state index is 0.0275. The first kappa shape index (κ1) is 12.1. The van der Waals surface area contributed by atoms with Crippen molar-refractivity contribution in [3.63, 3.8) is 0 Å². The maximum absolute atomic E-state index is 13.5. The smallest absolute Gasteiger partial charge is 0.269 e. The van der Waals surface area contributed by atoms with Crippen LogP contribution in [-0.2, 0) is 4.74 Å². The van der Waals surface area contributed by atoms with Crippen LogP contribution in [0.15, 0.2) is 29.3 Å². The molecule has 0 unspecified atom stereocenters. The second-order valence-corrected chi connectivity index (χ2v) is 5.00. The molecule has 3 rings (SSSR count). The van der Waals surface area contributed by atoms with Gasteiger partial charge in [0.1, 0.15) is 12.3 Å². The third-order valence-electron chi connectivity index (χ3n) is 3.79. The molecule has 0 radical (unpaired) electrons. The van der Waals surface area contributed by atoms with Gasteiger partial charge in [-0.2, -0.15) is 0 Å². The molecule has 0 amide bonds. The van der Waals surface area contributed by atoms with Crippen LogP contribution in [0.25, 0.3) is 0 Å². The van der Waals surface area contributed by atoms with Crippen LogP contribution < -0.4 is 0 Å². The molecule has 0 spiro atoms. The number of hydrogen-bond acceptors (Lipinski definition) is 4. The van der Waals surface area contributed by atoms with Crippen molar-refractivity contribution in [1.82, 2.24) is 0 Å². The van der Waals surface area contributed by atoms with Crippen LogP contribution in [0.1, 0.15) is 18.9 Å². The van der Waals surface area contributed by atoms with Crippen molar-refractivity contribution in [2.24, 2.45) is 10.9 Å². The van der Waals surface area contributed by atoms with E-state index in [-0.39, 0.29) is 23.8 Å². The van der Waals surface area contributed by atoms with Crippen LogP contribution in [0, 0.1) is 16.0 Å². The summed E-state index contributed by atoms with van der Waals surface area (Å²) in [7, 11) is 0. The van der Waals surface area contributed by atoms with Gasteiger partial charge in [-0.1, -0.05) is 6.92 Å². The SMILES string of the molecule is C[C@@H]1[C@H]2OC(c3ccc([N+](=O)[O-])cc3)=N[C@H]2C[C@H]1F. The van der Waals surface area contributed by atoms with E-state index in [0.717, 1.165) is 0 Å². The lowest BCUT2D eigenvalue weighted by atomic mass is 10.1. The maximum Gasteiger partial charge on any atom is 0.269 e. The van der Waals surface area contributed by atoms with Gasteiger partial charge in [0.25, 0.3) is 5.69 Å². The number of ether oxygens (including phenoxy) is 1. The van der Waals surface area contributed by atoms with Gasteiger partial charge in [0.2, 0.25) is 5.90 Å². The number of rotatable bonds is 2. The molecule has 1 aromatic rings. The van der Waals surface area contributed by atoms with E-state index in [9.17, 15) is 14.5 Å². The number of benzene rings is 1. The van der Waals surface area contributed by atoms with E-state index in [0.29, 0.717) is 17.9 Å². The van der Waals surface area contributed by atoms with E-state index in [1.807, 2.05) is 6.92 Å². The molecule has 6 heteroatoms. The Morgan fingerprint density at radius 2 is 2.11 bits per heavy atom. The number of aliphatic imine (C=N–C) groups is 1. The van der Waals surface area contributed by atoms with Gasteiger partial charge in [-0.15, -0.1) is 0 Å². The Kier molecular flexibility index (Phi) is 2.73. The number of non-ortho nitro benzene ring substituents is 1. The fraction of sp³-hybridized carbons (Fsp3) is 0.462. The van der Waals surface area contributed by atoms with Crippen LogP contribution >= 0.6 is 0 Å². The average molecular weight is 264 g/mol. The molecular weight excluding hydrogens is 251 g/mol. The summed E-state index contributed by atoms with van der Waals surface area (Å²) in [4.78, 5) is 14.5. The summed E-state index contributed by atoms with van der Waals surface area (Å²) in [5, 5.41) is 10.6. The van der Waals surface area contributed by atoms with Gasteiger partial charge in [0.05, 0.1) is 11.0 Å². The van der Waals surface area contributed by atoms with Crippen molar-refractivity contribution >= 4 is 11.6 Å². The Morgan fingerprint density at radius 1 is 1.42 bits per heavy atom. The molecule has 1 aliphatic heterocycles. The Morgan fingerprint density at radius 3 is 2.68 bits per heavy atom. The first-order valence-electron chi connectivity index (χ1n) is 6.19. The molecule has 0 saturated heterocycles. The van der Waals surface area contributed by atoms with Crippen LogP contribution in [0.3, 0.4) is 0 Å². The monoisotopic (exact) mass is 264 g/mol. The zero-order chi connectivity index (χ0) is 13.6. The van der Waals surface area contributed by atoms with Gasteiger partial charge in [0, 0.05) is 30.0 Å². The molecule has 0 bridgehead atoms. The largest absolute Gasteiger partial charge is 0.471 e. The molecule has 100 valence electrons. The highest BCUT2D eigenvalue weighted by Crippen LogP contribution is 2.37. The van der Waals surface area contributed by atoms with Crippen LogP contribution in [0.4, 0.5) is 10.1 Å². The van der Waals surface area contributed by atoms with Crippen molar-refractivity contribution < 1.29 is 14.1 Å². The summed E-state index contributed by atoms with van der Waals surface area (Å²) in [5.41, 5.74) is 0.724. The van der Waals surface area contributed by atoms with Crippen molar-refractivity contribution in [2.75, 3.05) is 0 Å². The number of nitro benzene ring substituents is 1. The summed E-state index contributed by atoms with van der Waals surface area (Å²) in [5.74, 6) is 0.299. The lowest BCUT2D eigenvalue weighted by molar-refractivity contribution is -0.384. The van der Waals surface area contributed by atoms with E-state index in [1.165, 1.54) is 12.1 Å². The second kappa shape index (κ2) is 4.29. The van der Waals surface area contributed by atoms with Gasteiger partial charge in [-0.25, -0.2) is 9.38 Å². The van der Waals surface area contributed by atoms with Crippen LogP contribution in [0.2, 0.25) is 0 Å². The van der Waals surface area contributed by atoms with Gasteiger partial charge in [0.15, 0.2) is 0 Å². The maximum atomic E-state index is 13.5. The van der Waals surface area contributed by atoms with Crippen LogP contribution in [-0.4, -0.2) is 29.1 Å². The Balaban J connectivity index is 1.81. The predicted molar refractivity (Wildman–Crippen MR) is 67.0 cm³/mol. The van der Waals surface area contributed by atoms with E-state index in [4.69, 9.17) is 4.74 Å². The summed E-state index contributed by atoms with van der Waals surface area (Å²) in [6.45, 7) is 1.82. The minimum Gasteiger partial charge on any atom is -0.471 e. The summed E-state index contributed by atoms with van der Waals surface area (Å²) in [6, 6.07) is 5.91. The summed E-state index contributed by atoms with van der Waals surface area (Å²) < 4.78 is 19.2. The number of nitro groups is 1. The molecular formula is C13H13FN2O3. The lowest BCUT2D eigenvalue weighted by Crippen LogP contribution is -2.23. The fourth-order valence-electron chi connectivity index (χ4n) is 2.63. The highest BCUT2D eigenvalue weighted by Gasteiger charge is 2.46. The summed E-state index contributed by atoms with van der Waals surface area (Å²) >= 11 is 0. The molecule has 5 nitrogen and oxygen atoms in total. The van der Waals surface area contributed by atoms with Crippen molar-refractivity contribution in [1.29, 1.82) is 0 Å². The van der Waals surface area contributed by atoms with Gasteiger partial charge >= 0.3 is 0 Å². The Labute approximate surface area is 109 Å². The van der Waals surface area contributed by atoms with E-state index < -0.39 is 11.1 Å². The standard InChI is InChI=1S/C13H13FN2O3/c1-7-10(14)6-11-12(7)19-13(15-11)8-2-4-9(5-3-8)16(17)18/h2-5,7,10-12H,6H2,1H3/t7-,10+,11-,12+/m0/s1. The molecule has 1 heterocycles. The van der Waals surface area contributed by atoms with E-state index in [1.54, 1.807) is 12.1 Å². The van der Waals surface area contributed by atoms with Gasteiger partial charge in [-0.05, 0) is 12.1 Å². The number of halogens is 1. The first-order chi connectivity index (χ1) is 9.06. The highest BCUT2D eigenvalue weighted by molar-refractivity contribution is 5.95. The Bertz CT molecular complexity index is 543. The van der Waals surface area contributed by atoms with E-state index >= 15 is 0 Å². The normalized spacial score (nSPS) is 32.6. The molecule has 1 saturated carbocycles. The minimum atomic E-state index is -0.864. The molecule has 4 atom stereocenters. The lowest BCUT2D eigenvalue weighted by Gasteiger charge is -2.15. The molecule has 0 aromatic heterocycles. The molecule has 0 N–H and O–H groups in total. The first-order valence-corrected chi connectivity index (χ1v) is 6.19.